The third-order valence-corrected chi connectivity index (χ3v) is 7.32. The first-order valence-corrected chi connectivity index (χ1v) is 13.8. The molecule has 212 valence electrons. The van der Waals surface area contributed by atoms with Crippen LogP contribution in [0, 0.1) is 6.92 Å². The molecular weight excluding hydrogens is 557 g/mol. The van der Waals surface area contributed by atoms with Crippen molar-refractivity contribution in [2.75, 3.05) is 52.9 Å². The molecule has 0 fully saturated rings. The number of hydrogen-bond acceptors (Lipinski definition) is 9. The number of thioether (sulfide) groups is 2. The van der Waals surface area contributed by atoms with Gasteiger partial charge in [-0.2, -0.15) is 13.2 Å². The maximum Gasteiger partial charge on any atom is 0.421 e. The molecule has 0 aliphatic heterocycles. The van der Waals surface area contributed by atoms with Crippen molar-refractivity contribution in [3.8, 4) is 0 Å². The standard InChI is InChI=1S/C25H29F3N4O5S2/c1-17-19(29-9-8-21(17)38-13-12-35-10-11-36-16-25(26,27)28)15-39-23-30-18-6-4-5-7-20(18)32(23)24(34)37-14-22(33)31(2)3/h4-9H,10-16H2,1-3H3. The van der Waals surface area contributed by atoms with Crippen molar-refractivity contribution < 1.29 is 37.0 Å². The third-order valence-electron chi connectivity index (χ3n) is 5.25. The summed E-state index contributed by atoms with van der Waals surface area (Å²) >= 11 is 2.87. The molecule has 0 saturated carbocycles. The van der Waals surface area contributed by atoms with E-state index < -0.39 is 18.9 Å². The molecule has 0 saturated heterocycles. The van der Waals surface area contributed by atoms with Gasteiger partial charge in [0.05, 0.1) is 36.5 Å². The maximum absolute atomic E-state index is 12.9. The van der Waals surface area contributed by atoms with Gasteiger partial charge in [0.2, 0.25) is 0 Å². The van der Waals surface area contributed by atoms with Gasteiger partial charge in [-0.15, -0.1) is 11.8 Å². The molecule has 0 bridgehead atoms. The third kappa shape index (κ3) is 9.41. The zero-order chi connectivity index (χ0) is 28.4. The molecule has 0 atom stereocenters. The van der Waals surface area contributed by atoms with Crippen LogP contribution in [0.25, 0.3) is 11.0 Å². The van der Waals surface area contributed by atoms with Gasteiger partial charge in [0.25, 0.3) is 5.91 Å². The normalized spacial score (nSPS) is 11.6. The second kappa shape index (κ2) is 14.5. The van der Waals surface area contributed by atoms with Crippen molar-refractivity contribution in [2.45, 2.75) is 28.9 Å². The van der Waals surface area contributed by atoms with Crippen LogP contribution in [0.2, 0.25) is 0 Å². The van der Waals surface area contributed by atoms with Gasteiger partial charge in [0.1, 0.15) is 6.61 Å². The number of imidazole rings is 1. The number of aromatic nitrogens is 3. The Bertz CT molecular complexity index is 1270. The second-order valence-corrected chi connectivity index (χ2v) is 10.4. The number of hydrogen-bond donors (Lipinski definition) is 0. The molecular formula is C25H29F3N4O5S2. The number of likely N-dealkylation sites (N-methyl/N-ethyl adjacent to an activating group) is 1. The Hall–Kier alpha value is -2.81. The quantitative estimate of drug-likeness (QED) is 0.207. The Morgan fingerprint density at radius 1 is 1.05 bits per heavy atom. The van der Waals surface area contributed by atoms with Crippen LogP contribution < -0.4 is 0 Å². The Balaban J connectivity index is 1.58. The fourth-order valence-electron chi connectivity index (χ4n) is 3.21. The van der Waals surface area contributed by atoms with E-state index in [-0.39, 0.29) is 25.7 Å². The highest BCUT2D eigenvalue weighted by Crippen LogP contribution is 2.30. The molecule has 0 aliphatic carbocycles. The van der Waals surface area contributed by atoms with Crippen LogP contribution in [-0.4, -0.2) is 90.5 Å². The molecule has 2 heterocycles. The van der Waals surface area contributed by atoms with E-state index in [2.05, 4.69) is 14.7 Å². The Morgan fingerprint density at radius 2 is 1.79 bits per heavy atom. The maximum atomic E-state index is 12.9. The first-order valence-electron chi connectivity index (χ1n) is 11.8. The molecule has 3 rings (SSSR count). The predicted octanol–water partition coefficient (Wildman–Crippen LogP) is 4.79. The van der Waals surface area contributed by atoms with Crippen LogP contribution in [0.5, 0.6) is 0 Å². The lowest BCUT2D eigenvalue weighted by molar-refractivity contribution is -0.176. The minimum absolute atomic E-state index is 0.0839. The minimum Gasteiger partial charge on any atom is -0.439 e. The zero-order valence-corrected chi connectivity index (χ0v) is 23.3. The molecule has 2 aromatic heterocycles. The van der Waals surface area contributed by atoms with Gasteiger partial charge in [0, 0.05) is 36.7 Å². The number of para-hydroxylation sites is 2. The van der Waals surface area contributed by atoms with Crippen LogP contribution in [0.15, 0.2) is 46.6 Å². The molecule has 0 unspecified atom stereocenters. The summed E-state index contributed by atoms with van der Waals surface area (Å²) in [6.07, 6.45) is -3.34. The number of rotatable bonds is 13. The van der Waals surface area contributed by atoms with Crippen LogP contribution in [-0.2, 0) is 24.8 Å². The van der Waals surface area contributed by atoms with Crippen molar-refractivity contribution in [2.24, 2.45) is 0 Å². The number of pyridine rings is 1. The molecule has 0 radical (unpaired) electrons. The summed E-state index contributed by atoms with van der Waals surface area (Å²) in [5.41, 5.74) is 2.96. The summed E-state index contributed by atoms with van der Waals surface area (Å²) in [6.45, 7) is 0.600. The molecule has 1 aromatic carbocycles. The average molecular weight is 587 g/mol. The van der Waals surface area contributed by atoms with Crippen LogP contribution in [0.1, 0.15) is 11.3 Å². The van der Waals surface area contributed by atoms with E-state index in [1.165, 1.54) is 21.2 Å². The largest absolute Gasteiger partial charge is 0.439 e. The number of carbonyl (C=O) groups excluding carboxylic acids is 2. The lowest BCUT2D eigenvalue weighted by Gasteiger charge is -2.12. The van der Waals surface area contributed by atoms with E-state index in [0.717, 1.165) is 16.2 Å². The fourth-order valence-corrected chi connectivity index (χ4v) is 5.14. The number of halogens is 3. The first-order chi connectivity index (χ1) is 18.6. The van der Waals surface area contributed by atoms with Gasteiger partial charge in [-0.1, -0.05) is 23.9 Å². The van der Waals surface area contributed by atoms with E-state index in [9.17, 15) is 22.8 Å². The first kappa shape index (κ1) is 30.7. The highest BCUT2D eigenvalue weighted by molar-refractivity contribution is 7.99. The number of carbonyl (C=O) groups is 2. The van der Waals surface area contributed by atoms with E-state index in [1.807, 2.05) is 19.1 Å². The van der Waals surface area contributed by atoms with Gasteiger partial charge < -0.3 is 19.1 Å². The summed E-state index contributed by atoms with van der Waals surface area (Å²) < 4.78 is 52.7. The molecule has 0 aliphatic rings. The highest BCUT2D eigenvalue weighted by atomic mass is 32.2. The summed E-state index contributed by atoms with van der Waals surface area (Å²) in [5.74, 6) is 0.696. The van der Waals surface area contributed by atoms with Gasteiger partial charge in [-0.05, 0) is 30.7 Å². The molecule has 0 spiro atoms. The second-order valence-electron chi connectivity index (χ2n) is 8.36. The Morgan fingerprint density at radius 3 is 2.54 bits per heavy atom. The van der Waals surface area contributed by atoms with E-state index in [0.29, 0.717) is 34.3 Å². The smallest absolute Gasteiger partial charge is 0.421 e. The number of fused-ring (bicyclic) bond motifs is 1. The van der Waals surface area contributed by atoms with E-state index >= 15 is 0 Å². The number of alkyl halides is 3. The SMILES string of the molecule is Cc1c(SCCOCCOCC(F)(F)F)ccnc1CSc1nc2ccccc2n1C(=O)OCC(=O)N(C)C. The lowest BCUT2D eigenvalue weighted by atomic mass is 10.2. The fraction of sp³-hybridized carbons (Fsp3) is 0.440. The monoisotopic (exact) mass is 586 g/mol. The average Bonchev–Trinajstić information content (AvgIpc) is 3.26. The van der Waals surface area contributed by atoms with Gasteiger partial charge in [-0.25, -0.2) is 14.3 Å². The molecule has 1 amide bonds. The van der Waals surface area contributed by atoms with Gasteiger partial charge in [0.15, 0.2) is 11.8 Å². The number of amides is 1. The summed E-state index contributed by atoms with van der Waals surface area (Å²) in [4.78, 5) is 36.2. The number of ether oxygens (including phenoxy) is 3. The topological polar surface area (TPSA) is 95.8 Å². The van der Waals surface area contributed by atoms with Gasteiger partial charge in [-0.3, -0.25) is 9.78 Å². The van der Waals surface area contributed by atoms with Gasteiger partial charge >= 0.3 is 12.3 Å². The number of nitrogens with zero attached hydrogens (tertiary/aromatic N) is 4. The van der Waals surface area contributed by atoms with Crippen LogP contribution in [0.3, 0.4) is 0 Å². The lowest BCUT2D eigenvalue weighted by Crippen LogP contribution is -2.28. The predicted molar refractivity (Wildman–Crippen MR) is 142 cm³/mol. The molecule has 3 aromatic rings. The molecule has 0 N–H and O–H groups in total. The Kier molecular flexibility index (Phi) is 11.5. The van der Waals surface area contributed by atoms with E-state index in [1.54, 1.807) is 50.3 Å². The minimum atomic E-state index is -4.34. The van der Waals surface area contributed by atoms with Crippen LogP contribution in [0.4, 0.5) is 18.0 Å². The van der Waals surface area contributed by atoms with Crippen LogP contribution >= 0.6 is 23.5 Å². The number of benzene rings is 1. The van der Waals surface area contributed by atoms with Crippen molar-refractivity contribution in [3.05, 3.63) is 47.8 Å². The molecule has 39 heavy (non-hydrogen) atoms. The molecule has 9 nitrogen and oxygen atoms in total. The summed E-state index contributed by atoms with van der Waals surface area (Å²) in [5, 5.41) is 0.416. The highest BCUT2D eigenvalue weighted by Gasteiger charge is 2.27. The van der Waals surface area contributed by atoms with E-state index in [4.69, 9.17) is 9.47 Å². The summed E-state index contributed by atoms with van der Waals surface area (Å²) in [6, 6.07) is 9.04. The zero-order valence-electron chi connectivity index (χ0n) is 21.7. The summed E-state index contributed by atoms with van der Waals surface area (Å²) in [7, 11) is 3.16. The van der Waals surface area contributed by atoms with Crippen molar-refractivity contribution in [1.82, 2.24) is 19.4 Å². The van der Waals surface area contributed by atoms with Crippen molar-refractivity contribution in [1.29, 1.82) is 0 Å². The van der Waals surface area contributed by atoms with Crippen molar-refractivity contribution in [3.63, 3.8) is 0 Å². The molecule has 14 heteroatoms. The Labute approximate surface area is 232 Å². The van der Waals surface area contributed by atoms with Crippen molar-refractivity contribution >= 4 is 46.6 Å².